The minimum Gasteiger partial charge on any atom is -0.785 e. The van der Waals surface area contributed by atoms with E-state index in [1.807, 2.05) is 18.2 Å². The van der Waals surface area contributed by atoms with E-state index < -0.39 is 0 Å². The Kier molecular flexibility index (Phi) is 5.15. The molecule has 0 amide bonds. The Hall–Kier alpha value is -2.91. The van der Waals surface area contributed by atoms with Gasteiger partial charge in [0.1, 0.15) is 15.8 Å². The summed E-state index contributed by atoms with van der Waals surface area (Å²) in [6.45, 7) is 0.671. The molecule has 2 aromatic carbocycles. The Morgan fingerprint density at radius 3 is 2.61 bits per heavy atom. The zero-order valence-corrected chi connectivity index (χ0v) is 18.0. The lowest BCUT2D eigenvalue weighted by Gasteiger charge is -2.43. The van der Waals surface area contributed by atoms with Crippen molar-refractivity contribution in [3.05, 3.63) is 75.3 Å². The second-order valence-corrected chi connectivity index (χ2v) is 8.59. The number of benzene rings is 2. The highest BCUT2D eigenvalue weighted by Gasteiger charge is 2.23. The summed E-state index contributed by atoms with van der Waals surface area (Å²) in [5.74, 6) is 1.04. The third-order valence-corrected chi connectivity index (χ3v) is 6.43. The third-order valence-electron chi connectivity index (χ3n) is 5.07. The van der Waals surface area contributed by atoms with Gasteiger partial charge in [-0.25, -0.2) is 4.98 Å². The number of hydrogen-bond donors (Lipinski definition) is 0. The molecule has 7 nitrogen and oxygen atoms in total. The molecule has 1 aliphatic heterocycles. The molecule has 1 saturated heterocycles. The van der Waals surface area contributed by atoms with Crippen LogP contribution in [0, 0.1) is 5.21 Å². The molecular weight excluding hydrogens is 438 g/mol. The average molecular weight is 455 g/mol. The monoisotopic (exact) mass is 454 g/mol. The zero-order chi connectivity index (χ0) is 21.5. The molecule has 0 unspecified atom stereocenters. The van der Waals surface area contributed by atoms with Crippen LogP contribution in [0.1, 0.15) is 0 Å². The third kappa shape index (κ3) is 3.79. The van der Waals surface area contributed by atoms with Gasteiger partial charge in [0.25, 0.3) is 5.56 Å². The van der Waals surface area contributed by atoms with Crippen molar-refractivity contribution < 1.29 is 9.47 Å². The van der Waals surface area contributed by atoms with E-state index in [0.29, 0.717) is 45.5 Å². The fourth-order valence-electron chi connectivity index (χ4n) is 3.40. The van der Waals surface area contributed by atoms with Crippen LogP contribution in [-0.2, 0) is 0 Å². The number of pyridine rings is 1. The van der Waals surface area contributed by atoms with Crippen molar-refractivity contribution in [3.63, 3.8) is 0 Å². The van der Waals surface area contributed by atoms with Crippen LogP contribution >= 0.6 is 22.9 Å². The van der Waals surface area contributed by atoms with Gasteiger partial charge in [-0.2, -0.15) is 0 Å². The van der Waals surface area contributed by atoms with Crippen molar-refractivity contribution >= 4 is 33.2 Å². The minimum absolute atomic E-state index is 0.153. The summed E-state index contributed by atoms with van der Waals surface area (Å²) in [5, 5.41) is 13.5. The fraction of sp³-hybridized carbons (Fsp3) is 0.182. The standard InChI is InChI=1S/C22H17ClN3O4S/c1-29-19-10-15(6-7-18(19)30-16-11-25(28)12-16)26-9-8-17-20(22(26)27)31-21(24-17)13-2-4-14(23)5-3-13/h2-10,16H,11-12H2,1H3/q-1. The van der Waals surface area contributed by atoms with Crippen LogP contribution < -0.4 is 15.0 Å². The Balaban J connectivity index is 1.50. The minimum atomic E-state index is -0.160. The number of nitrogens with zero attached hydrogens (tertiary/aromatic N) is 3. The van der Waals surface area contributed by atoms with E-state index in [2.05, 4.69) is 4.98 Å². The Morgan fingerprint density at radius 1 is 1.13 bits per heavy atom. The molecule has 0 radical (unpaired) electrons. The van der Waals surface area contributed by atoms with E-state index in [0.717, 1.165) is 15.6 Å². The Bertz CT molecular complexity index is 1310. The van der Waals surface area contributed by atoms with Gasteiger partial charge in [-0.05, 0) is 30.3 Å². The first-order valence-corrected chi connectivity index (χ1v) is 10.8. The summed E-state index contributed by atoms with van der Waals surface area (Å²) in [6.07, 6.45) is 1.55. The van der Waals surface area contributed by atoms with Gasteiger partial charge in [0.2, 0.25) is 0 Å². The number of hydroxylamine groups is 2. The quantitative estimate of drug-likeness (QED) is 0.446. The SMILES string of the molecule is COc1cc(-n2ccc3nc(-c4ccc(Cl)cc4)sc3c2=O)ccc1OC1CN([O-])C1. The van der Waals surface area contributed by atoms with E-state index in [4.69, 9.17) is 21.1 Å². The second-order valence-electron chi connectivity index (χ2n) is 7.15. The molecule has 1 fully saturated rings. The van der Waals surface area contributed by atoms with E-state index in [1.165, 1.54) is 11.3 Å². The van der Waals surface area contributed by atoms with Crippen molar-refractivity contribution in [2.45, 2.75) is 6.10 Å². The highest BCUT2D eigenvalue weighted by atomic mass is 35.5. The van der Waals surface area contributed by atoms with Crippen LogP contribution in [0.2, 0.25) is 5.02 Å². The van der Waals surface area contributed by atoms with E-state index in [-0.39, 0.29) is 11.7 Å². The number of aromatic nitrogens is 2. The summed E-state index contributed by atoms with van der Waals surface area (Å²) in [5.41, 5.74) is 2.05. The fourth-order valence-corrected chi connectivity index (χ4v) is 4.52. The number of rotatable bonds is 5. The van der Waals surface area contributed by atoms with Crippen molar-refractivity contribution in [3.8, 4) is 27.8 Å². The van der Waals surface area contributed by atoms with Crippen LogP contribution in [0.3, 0.4) is 0 Å². The average Bonchev–Trinajstić information content (AvgIpc) is 3.19. The molecule has 0 bridgehead atoms. The summed E-state index contributed by atoms with van der Waals surface area (Å²) >= 11 is 7.31. The predicted octanol–water partition coefficient (Wildman–Crippen LogP) is 4.34. The molecule has 0 aliphatic carbocycles. The maximum absolute atomic E-state index is 13.2. The summed E-state index contributed by atoms with van der Waals surface area (Å²) in [4.78, 5) is 17.8. The number of thiazole rings is 1. The number of fused-ring (bicyclic) bond motifs is 1. The van der Waals surface area contributed by atoms with Gasteiger partial charge in [0, 0.05) is 35.9 Å². The van der Waals surface area contributed by atoms with Crippen molar-refractivity contribution in [2.75, 3.05) is 20.2 Å². The van der Waals surface area contributed by atoms with Gasteiger partial charge >= 0.3 is 0 Å². The number of halogens is 1. The maximum atomic E-state index is 13.2. The van der Waals surface area contributed by atoms with E-state index in [9.17, 15) is 10.0 Å². The van der Waals surface area contributed by atoms with E-state index in [1.54, 1.807) is 48.2 Å². The van der Waals surface area contributed by atoms with Crippen LogP contribution in [0.25, 0.3) is 26.5 Å². The summed E-state index contributed by atoms with van der Waals surface area (Å²) < 4.78 is 13.4. The smallest absolute Gasteiger partial charge is 0.274 e. The van der Waals surface area contributed by atoms with Gasteiger partial charge in [-0.3, -0.25) is 9.36 Å². The Morgan fingerprint density at radius 2 is 1.90 bits per heavy atom. The molecule has 158 valence electrons. The van der Waals surface area contributed by atoms with Crippen LogP contribution in [-0.4, -0.2) is 40.9 Å². The highest BCUT2D eigenvalue weighted by molar-refractivity contribution is 7.21. The van der Waals surface area contributed by atoms with Gasteiger partial charge in [-0.15, -0.1) is 11.3 Å². The number of ether oxygens (including phenoxy) is 2. The van der Waals surface area contributed by atoms with Gasteiger partial charge in [-0.1, -0.05) is 23.7 Å². The molecular formula is C22H17ClN3O4S-. The molecule has 0 saturated carbocycles. The van der Waals surface area contributed by atoms with Crippen molar-refractivity contribution in [1.82, 2.24) is 14.6 Å². The normalized spacial score (nSPS) is 14.5. The Labute approximate surface area is 186 Å². The highest BCUT2D eigenvalue weighted by Crippen LogP contribution is 2.32. The molecule has 0 atom stereocenters. The van der Waals surface area contributed by atoms with Crippen LogP contribution in [0.4, 0.5) is 0 Å². The first kappa shape index (κ1) is 20.0. The molecule has 31 heavy (non-hydrogen) atoms. The lowest BCUT2D eigenvalue weighted by molar-refractivity contribution is 0.0514. The summed E-state index contributed by atoms with van der Waals surface area (Å²) in [6, 6.07) is 14.5. The van der Waals surface area contributed by atoms with Crippen LogP contribution in [0.5, 0.6) is 11.5 Å². The van der Waals surface area contributed by atoms with Gasteiger partial charge in [0.05, 0.1) is 18.3 Å². The largest absolute Gasteiger partial charge is 0.785 e. The first-order chi connectivity index (χ1) is 15.0. The molecule has 9 heteroatoms. The lowest BCUT2D eigenvalue weighted by atomic mass is 10.2. The van der Waals surface area contributed by atoms with Crippen LogP contribution in [0.15, 0.2) is 59.5 Å². The van der Waals surface area contributed by atoms with Gasteiger partial charge < -0.3 is 19.7 Å². The van der Waals surface area contributed by atoms with Crippen molar-refractivity contribution in [1.29, 1.82) is 0 Å². The molecule has 1 aliphatic rings. The predicted molar refractivity (Wildman–Crippen MR) is 122 cm³/mol. The first-order valence-electron chi connectivity index (χ1n) is 9.57. The van der Waals surface area contributed by atoms with Gasteiger partial charge in [0.15, 0.2) is 11.5 Å². The topological polar surface area (TPSA) is 79.7 Å². The molecule has 0 N–H and O–H groups in total. The number of hydrogen-bond acceptors (Lipinski definition) is 7. The zero-order valence-electron chi connectivity index (χ0n) is 16.4. The van der Waals surface area contributed by atoms with E-state index >= 15 is 0 Å². The molecule has 4 aromatic rings. The van der Waals surface area contributed by atoms with Crippen molar-refractivity contribution in [2.24, 2.45) is 0 Å². The molecule has 0 spiro atoms. The maximum Gasteiger partial charge on any atom is 0.274 e. The molecule has 5 rings (SSSR count). The number of methoxy groups -OCH3 is 1. The second kappa shape index (κ2) is 7.97. The summed E-state index contributed by atoms with van der Waals surface area (Å²) in [7, 11) is 1.54. The molecule has 2 aromatic heterocycles. The molecule has 3 heterocycles. The lowest BCUT2D eigenvalue weighted by Crippen LogP contribution is -2.50.